The van der Waals surface area contributed by atoms with Crippen molar-refractivity contribution in [1.82, 2.24) is 15.2 Å². The molecular formula is C9H5N3OS3. The fourth-order valence-electron chi connectivity index (χ4n) is 1.22. The van der Waals surface area contributed by atoms with Crippen molar-refractivity contribution >= 4 is 34.9 Å². The van der Waals surface area contributed by atoms with Crippen LogP contribution in [0.1, 0.15) is 0 Å². The third kappa shape index (κ3) is 1.73. The van der Waals surface area contributed by atoms with Crippen LogP contribution in [0.2, 0.25) is 0 Å². The van der Waals surface area contributed by atoms with E-state index in [1.807, 2.05) is 22.9 Å². The van der Waals surface area contributed by atoms with Gasteiger partial charge in [-0.3, -0.25) is 0 Å². The van der Waals surface area contributed by atoms with Gasteiger partial charge in [0.1, 0.15) is 10.7 Å². The lowest BCUT2D eigenvalue weighted by molar-refractivity contribution is 0.550. The minimum Gasteiger partial charge on any atom is -0.408 e. The van der Waals surface area contributed by atoms with Crippen molar-refractivity contribution in [1.29, 1.82) is 0 Å². The van der Waals surface area contributed by atoms with E-state index < -0.39 is 0 Å². The molecule has 0 radical (unpaired) electrons. The lowest BCUT2D eigenvalue weighted by Crippen LogP contribution is -1.77. The highest BCUT2D eigenvalue weighted by Crippen LogP contribution is 2.30. The van der Waals surface area contributed by atoms with Crippen LogP contribution in [0.25, 0.3) is 21.5 Å². The molecule has 3 heterocycles. The fourth-order valence-corrected chi connectivity index (χ4v) is 2.96. The lowest BCUT2D eigenvalue weighted by Gasteiger charge is -1.86. The maximum Gasteiger partial charge on any atom is 0.284 e. The molecule has 0 aliphatic heterocycles. The van der Waals surface area contributed by atoms with Gasteiger partial charge in [-0.2, -0.15) is 0 Å². The van der Waals surface area contributed by atoms with Gasteiger partial charge in [-0.05, 0) is 23.7 Å². The SMILES string of the molecule is S=c1[nH]nc(-c2csc(-c3cccs3)n2)o1. The topological polar surface area (TPSA) is 54.7 Å². The molecule has 0 bridgehead atoms. The van der Waals surface area contributed by atoms with E-state index in [0.717, 1.165) is 9.88 Å². The van der Waals surface area contributed by atoms with Crippen molar-refractivity contribution < 1.29 is 4.42 Å². The molecule has 80 valence electrons. The van der Waals surface area contributed by atoms with Crippen molar-refractivity contribution in [3.8, 4) is 21.5 Å². The van der Waals surface area contributed by atoms with E-state index in [4.69, 9.17) is 16.6 Å². The van der Waals surface area contributed by atoms with Gasteiger partial charge in [0.15, 0.2) is 0 Å². The average Bonchev–Trinajstić information content (AvgIpc) is 2.97. The number of nitrogens with zero attached hydrogens (tertiary/aromatic N) is 2. The monoisotopic (exact) mass is 267 g/mol. The average molecular weight is 267 g/mol. The molecule has 0 amide bonds. The molecule has 0 aromatic carbocycles. The normalized spacial score (nSPS) is 10.8. The molecule has 0 fully saturated rings. The number of thiophene rings is 1. The summed E-state index contributed by atoms with van der Waals surface area (Å²) in [7, 11) is 0. The Hall–Kier alpha value is -1.31. The molecule has 16 heavy (non-hydrogen) atoms. The summed E-state index contributed by atoms with van der Waals surface area (Å²) in [5.41, 5.74) is 0.709. The van der Waals surface area contributed by atoms with Gasteiger partial charge in [-0.15, -0.1) is 27.8 Å². The summed E-state index contributed by atoms with van der Waals surface area (Å²) in [5.74, 6) is 0.434. The molecule has 3 rings (SSSR count). The lowest BCUT2D eigenvalue weighted by atomic mass is 10.4. The molecule has 0 unspecified atom stereocenters. The Balaban J connectivity index is 2.03. The molecule has 4 nitrogen and oxygen atoms in total. The zero-order chi connectivity index (χ0) is 11.0. The van der Waals surface area contributed by atoms with Crippen LogP contribution in [-0.2, 0) is 0 Å². The molecule has 0 aliphatic carbocycles. The van der Waals surface area contributed by atoms with E-state index in [2.05, 4.69) is 15.2 Å². The van der Waals surface area contributed by atoms with E-state index in [0.29, 0.717) is 11.6 Å². The predicted octanol–water partition coefficient (Wildman–Crippen LogP) is 3.58. The predicted molar refractivity (Wildman–Crippen MR) is 66.1 cm³/mol. The quantitative estimate of drug-likeness (QED) is 0.721. The molecular weight excluding hydrogens is 262 g/mol. The number of rotatable bonds is 2. The second kappa shape index (κ2) is 3.93. The van der Waals surface area contributed by atoms with Gasteiger partial charge in [0, 0.05) is 5.38 Å². The van der Waals surface area contributed by atoms with Crippen LogP contribution >= 0.6 is 34.9 Å². The first kappa shape index (κ1) is 9.88. The van der Waals surface area contributed by atoms with Gasteiger partial charge in [0.25, 0.3) is 10.7 Å². The Labute approximate surface area is 104 Å². The molecule has 7 heteroatoms. The van der Waals surface area contributed by atoms with E-state index in [-0.39, 0.29) is 4.84 Å². The summed E-state index contributed by atoms with van der Waals surface area (Å²) in [5, 5.41) is 11.4. The number of hydrogen-bond acceptors (Lipinski definition) is 6. The number of thiazole rings is 1. The number of hydrogen-bond donors (Lipinski definition) is 1. The van der Waals surface area contributed by atoms with Crippen LogP contribution in [0.5, 0.6) is 0 Å². The molecule has 0 aliphatic rings. The van der Waals surface area contributed by atoms with Gasteiger partial charge >= 0.3 is 0 Å². The Kier molecular flexibility index (Phi) is 2.43. The minimum atomic E-state index is 0.265. The van der Waals surface area contributed by atoms with Gasteiger partial charge in [0.05, 0.1) is 4.88 Å². The highest BCUT2D eigenvalue weighted by molar-refractivity contribution is 7.71. The van der Waals surface area contributed by atoms with Crippen LogP contribution in [0, 0.1) is 4.84 Å². The highest BCUT2D eigenvalue weighted by Gasteiger charge is 2.10. The maximum absolute atomic E-state index is 5.20. The molecule has 1 N–H and O–H groups in total. The van der Waals surface area contributed by atoms with Crippen molar-refractivity contribution in [2.24, 2.45) is 0 Å². The summed E-state index contributed by atoms with van der Waals surface area (Å²) >= 11 is 8.03. The molecule has 3 aromatic heterocycles. The van der Waals surface area contributed by atoms with Crippen molar-refractivity contribution in [3.05, 3.63) is 27.7 Å². The van der Waals surface area contributed by atoms with Crippen molar-refractivity contribution in [3.63, 3.8) is 0 Å². The van der Waals surface area contributed by atoms with Crippen LogP contribution in [0.15, 0.2) is 27.3 Å². The summed E-state index contributed by atoms with van der Waals surface area (Å²) in [4.78, 5) is 5.85. The molecule has 3 aromatic rings. The highest BCUT2D eigenvalue weighted by atomic mass is 32.1. The zero-order valence-corrected chi connectivity index (χ0v) is 10.3. The van der Waals surface area contributed by atoms with Crippen LogP contribution in [0.4, 0.5) is 0 Å². The van der Waals surface area contributed by atoms with Crippen LogP contribution in [-0.4, -0.2) is 15.2 Å². The summed E-state index contributed by atoms with van der Waals surface area (Å²) in [6.45, 7) is 0. The third-order valence-corrected chi connectivity index (χ3v) is 3.95. The second-order valence-corrected chi connectivity index (χ2v) is 5.11. The Morgan fingerprint density at radius 3 is 3.00 bits per heavy atom. The van der Waals surface area contributed by atoms with E-state index in [1.54, 1.807) is 22.7 Å². The summed E-state index contributed by atoms with van der Waals surface area (Å²) in [6, 6.07) is 4.04. The van der Waals surface area contributed by atoms with Gasteiger partial charge < -0.3 is 4.42 Å². The first-order valence-corrected chi connectivity index (χ1v) is 6.55. The zero-order valence-electron chi connectivity index (χ0n) is 7.84. The van der Waals surface area contributed by atoms with E-state index >= 15 is 0 Å². The summed E-state index contributed by atoms with van der Waals surface area (Å²) < 4.78 is 5.20. The van der Waals surface area contributed by atoms with Gasteiger partial charge in [0.2, 0.25) is 0 Å². The molecule has 0 saturated carbocycles. The van der Waals surface area contributed by atoms with Crippen LogP contribution in [0.3, 0.4) is 0 Å². The number of aromatic nitrogens is 3. The first-order valence-electron chi connectivity index (χ1n) is 4.38. The van der Waals surface area contributed by atoms with Gasteiger partial charge in [-0.1, -0.05) is 6.07 Å². The van der Waals surface area contributed by atoms with E-state index in [1.165, 1.54) is 0 Å². The molecule has 0 saturated heterocycles. The number of nitrogens with one attached hydrogen (secondary N) is 1. The standard InChI is InChI=1S/C9H5N3OS3/c14-9-12-11-7(13-9)5-4-16-8(10-5)6-2-1-3-15-6/h1-4H,(H,12,14). The van der Waals surface area contributed by atoms with Crippen LogP contribution < -0.4 is 0 Å². The van der Waals surface area contributed by atoms with Crippen molar-refractivity contribution in [2.75, 3.05) is 0 Å². The Morgan fingerprint density at radius 1 is 1.38 bits per heavy atom. The first-order chi connectivity index (χ1) is 7.83. The minimum absolute atomic E-state index is 0.265. The smallest absolute Gasteiger partial charge is 0.284 e. The fraction of sp³-hybridized carbons (Fsp3) is 0. The second-order valence-electron chi connectivity index (χ2n) is 2.93. The van der Waals surface area contributed by atoms with Gasteiger partial charge in [-0.25, -0.2) is 10.1 Å². The number of aromatic amines is 1. The van der Waals surface area contributed by atoms with Crippen molar-refractivity contribution in [2.45, 2.75) is 0 Å². The largest absolute Gasteiger partial charge is 0.408 e. The third-order valence-electron chi connectivity index (χ3n) is 1.89. The molecule has 0 atom stereocenters. The Bertz CT molecular complexity index is 649. The van der Waals surface area contributed by atoms with E-state index in [9.17, 15) is 0 Å². The number of H-pyrrole nitrogens is 1. The molecule has 0 spiro atoms. The Morgan fingerprint density at radius 2 is 2.31 bits per heavy atom. The maximum atomic E-state index is 5.20. The summed E-state index contributed by atoms with van der Waals surface area (Å²) in [6.07, 6.45) is 0.